The molecule has 0 fully saturated rings. The monoisotopic (exact) mass is 255 g/mol. The highest BCUT2D eigenvalue weighted by atomic mass is 19.1. The van der Waals surface area contributed by atoms with E-state index in [1.807, 2.05) is 37.3 Å². The quantitative estimate of drug-likeness (QED) is 0.745. The predicted octanol–water partition coefficient (Wildman–Crippen LogP) is 4.19. The van der Waals surface area contributed by atoms with Crippen LogP contribution in [0.5, 0.6) is 5.75 Å². The molecule has 1 aromatic heterocycles. The lowest BCUT2D eigenvalue weighted by molar-refractivity contribution is 0.307. The Labute approximate surface area is 110 Å². The summed E-state index contributed by atoms with van der Waals surface area (Å²) in [7, 11) is 0. The number of aromatic amines is 1. The Balaban J connectivity index is 1.82. The standard InChI is InChI=1S/C16H14FNO/c1-11-5-7-13(8-6-11)19-10-12-9-18-16-14(12)3-2-4-15(16)17/h2-9,18H,10H2,1H3. The zero-order valence-electron chi connectivity index (χ0n) is 10.6. The molecule has 19 heavy (non-hydrogen) atoms. The van der Waals surface area contributed by atoms with Crippen molar-refractivity contribution < 1.29 is 9.13 Å². The Morgan fingerprint density at radius 1 is 1.11 bits per heavy atom. The van der Waals surface area contributed by atoms with Crippen molar-refractivity contribution in [2.24, 2.45) is 0 Å². The van der Waals surface area contributed by atoms with Crippen LogP contribution in [0.3, 0.4) is 0 Å². The van der Waals surface area contributed by atoms with Crippen LogP contribution < -0.4 is 4.74 Å². The molecule has 0 amide bonds. The zero-order chi connectivity index (χ0) is 13.2. The predicted molar refractivity (Wildman–Crippen MR) is 73.8 cm³/mol. The minimum absolute atomic E-state index is 0.237. The van der Waals surface area contributed by atoms with Gasteiger partial charge in [-0.05, 0) is 25.1 Å². The van der Waals surface area contributed by atoms with E-state index in [0.717, 1.165) is 16.7 Å². The summed E-state index contributed by atoms with van der Waals surface area (Å²) in [4.78, 5) is 2.95. The normalized spacial score (nSPS) is 10.8. The summed E-state index contributed by atoms with van der Waals surface area (Å²) in [6, 6.07) is 12.9. The molecular weight excluding hydrogens is 241 g/mol. The number of halogens is 1. The molecule has 2 nitrogen and oxygen atoms in total. The van der Waals surface area contributed by atoms with Gasteiger partial charge in [-0.3, -0.25) is 0 Å². The Morgan fingerprint density at radius 2 is 1.89 bits per heavy atom. The molecule has 0 unspecified atom stereocenters. The SMILES string of the molecule is Cc1ccc(OCc2c[nH]c3c(F)cccc23)cc1. The van der Waals surface area contributed by atoms with Crippen LogP contribution in [-0.2, 0) is 6.61 Å². The van der Waals surface area contributed by atoms with Gasteiger partial charge in [-0.15, -0.1) is 0 Å². The topological polar surface area (TPSA) is 25.0 Å². The third-order valence-corrected chi connectivity index (χ3v) is 3.17. The molecule has 1 N–H and O–H groups in total. The van der Waals surface area contributed by atoms with E-state index in [0.29, 0.717) is 12.1 Å². The van der Waals surface area contributed by atoms with Gasteiger partial charge < -0.3 is 9.72 Å². The fraction of sp³-hybridized carbons (Fsp3) is 0.125. The summed E-state index contributed by atoms with van der Waals surface area (Å²) < 4.78 is 19.2. The fourth-order valence-electron chi connectivity index (χ4n) is 2.09. The number of rotatable bonds is 3. The van der Waals surface area contributed by atoms with Crippen LogP contribution >= 0.6 is 0 Å². The molecule has 0 spiro atoms. The first-order chi connectivity index (χ1) is 9.24. The Kier molecular flexibility index (Phi) is 2.95. The molecule has 3 heteroatoms. The first-order valence-corrected chi connectivity index (χ1v) is 6.18. The van der Waals surface area contributed by atoms with Crippen LogP contribution in [-0.4, -0.2) is 4.98 Å². The molecule has 2 aromatic carbocycles. The lowest BCUT2D eigenvalue weighted by atomic mass is 10.2. The molecule has 0 atom stereocenters. The molecule has 0 aliphatic carbocycles. The second-order valence-corrected chi connectivity index (χ2v) is 4.58. The number of aryl methyl sites for hydroxylation is 1. The number of hydrogen-bond acceptors (Lipinski definition) is 1. The van der Waals surface area contributed by atoms with Gasteiger partial charge in [0.15, 0.2) is 0 Å². The number of nitrogens with one attached hydrogen (secondary N) is 1. The number of H-pyrrole nitrogens is 1. The minimum Gasteiger partial charge on any atom is -0.489 e. The van der Waals surface area contributed by atoms with Crippen molar-refractivity contribution >= 4 is 10.9 Å². The number of ether oxygens (including phenoxy) is 1. The van der Waals surface area contributed by atoms with Gasteiger partial charge in [-0.1, -0.05) is 29.8 Å². The number of fused-ring (bicyclic) bond motifs is 1. The van der Waals surface area contributed by atoms with E-state index >= 15 is 0 Å². The molecule has 0 aliphatic heterocycles. The second kappa shape index (κ2) is 4.76. The van der Waals surface area contributed by atoms with Gasteiger partial charge in [-0.2, -0.15) is 0 Å². The first-order valence-electron chi connectivity index (χ1n) is 6.18. The third kappa shape index (κ3) is 2.32. The van der Waals surface area contributed by atoms with Crippen LogP contribution in [0.15, 0.2) is 48.7 Å². The van der Waals surface area contributed by atoms with E-state index in [1.54, 1.807) is 12.3 Å². The number of para-hydroxylation sites is 1. The highest BCUT2D eigenvalue weighted by Gasteiger charge is 2.07. The molecule has 0 saturated heterocycles. The van der Waals surface area contributed by atoms with Crippen molar-refractivity contribution in [2.45, 2.75) is 13.5 Å². The maximum absolute atomic E-state index is 13.5. The van der Waals surface area contributed by atoms with Crippen molar-refractivity contribution in [3.63, 3.8) is 0 Å². The summed E-state index contributed by atoms with van der Waals surface area (Å²) in [5.74, 6) is 0.579. The van der Waals surface area contributed by atoms with E-state index in [9.17, 15) is 4.39 Å². The van der Waals surface area contributed by atoms with Crippen LogP contribution in [0.25, 0.3) is 10.9 Å². The molecular formula is C16H14FNO. The maximum atomic E-state index is 13.5. The smallest absolute Gasteiger partial charge is 0.147 e. The average molecular weight is 255 g/mol. The Morgan fingerprint density at radius 3 is 2.68 bits per heavy atom. The van der Waals surface area contributed by atoms with Crippen LogP contribution in [0.1, 0.15) is 11.1 Å². The molecule has 0 aliphatic rings. The van der Waals surface area contributed by atoms with E-state index in [2.05, 4.69) is 4.98 Å². The van der Waals surface area contributed by atoms with Gasteiger partial charge >= 0.3 is 0 Å². The summed E-state index contributed by atoms with van der Waals surface area (Å²) in [5.41, 5.74) is 2.68. The molecule has 96 valence electrons. The summed E-state index contributed by atoms with van der Waals surface area (Å²) >= 11 is 0. The van der Waals surface area contributed by atoms with E-state index in [1.165, 1.54) is 11.6 Å². The van der Waals surface area contributed by atoms with E-state index in [4.69, 9.17) is 4.74 Å². The maximum Gasteiger partial charge on any atom is 0.147 e. The van der Waals surface area contributed by atoms with Crippen LogP contribution in [0.2, 0.25) is 0 Å². The molecule has 0 radical (unpaired) electrons. The molecule has 0 bridgehead atoms. The van der Waals surface area contributed by atoms with E-state index in [-0.39, 0.29) is 5.82 Å². The van der Waals surface area contributed by atoms with Crippen molar-refractivity contribution in [1.29, 1.82) is 0 Å². The van der Waals surface area contributed by atoms with Gasteiger partial charge in [0.25, 0.3) is 0 Å². The van der Waals surface area contributed by atoms with Gasteiger partial charge in [0.2, 0.25) is 0 Å². The molecule has 3 aromatic rings. The van der Waals surface area contributed by atoms with Crippen molar-refractivity contribution in [3.05, 3.63) is 65.6 Å². The second-order valence-electron chi connectivity index (χ2n) is 4.58. The van der Waals surface area contributed by atoms with Crippen LogP contribution in [0.4, 0.5) is 4.39 Å². The zero-order valence-corrected chi connectivity index (χ0v) is 10.6. The van der Waals surface area contributed by atoms with Gasteiger partial charge in [0, 0.05) is 17.1 Å². The average Bonchev–Trinajstić information content (AvgIpc) is 2.83. The van der Waals surface area contributed by atoms with Crippen LogP contribution in [0, 0.1) is 12.7 Å². The number of aromatic nitrogens is 1. The largest absolute Gasteiger partial charge is 0.489 e. The number of benzene rings is 2. The number of hydrogen-bond donors (Lipinski definition) is 1. The van der Waals surface area contributed by atoms with Crippen molar-refractivity contribution in [1.82, 2.24) is 4.98 Å². The minimum atomic E-state index is -0.237. The van der Waals surface area contributed by atoms with Gasteiger partial charge in [-0.25, -0.2) is 4.39 Å². The summed E-state index contributed by atoms with van der Waals surface area (Å²) in [6.45, 7) is 2.46. The lowest BCUT2D eigenvalue weighted by Crippen LogP contribution is -1.94. The Bertz CT molecular complexity index is 700. The first kappa shape index (κ1) is 11.8. The van der Waals surface area contributed by atoms with Gasteiger partial charge in [0.1, 0.15) is 18.2 Å². The highest BCUT2D eigenvalue weighted by molar-refractivity contribution is 5.83. The van der Waals surface area contributed by atoms with E-state index < -0.39 is 0 Å². The van der Waals surface area contributed by atoms with Crippen molar-refractivity contribution in [2.75, 3.05) is 0 Å². The highest BCUT2D eigenvalue weighted by Crippen LogP contribution is 2.22. The van der Waals surface area contributed by atoms with Crippen molar-refractivity contribution in [3.8, 4) is 5.75 Å². The molecule has 1 heterocycles. The molecule has 0 saturated carbocycles. The third-order valence-electron chi connectivity index (χ3n) is 3.17. The Hall–Kier alpha value is -2.29. The summed E-state index contributed by atoms with van der Waals surface area (Å²) in [5, 5.41) is 0.868. The van der Waals surface area contributed by atoms with Gasteiger partial charge in [0.05, 0.1) is 5.52 Å². The lowest BCUT2D eigenvalue weighted by Gasteiger charge is -2.05. The fourth-order valence-corrected chi connectivity index (χ4v) is 2.09. The molecule has 3 rings (SSSR count). The summed E-state index contributed by atoms with van der Waals surface area (Å²) in [6.07, 6.45) is 1.79.